The molecule has 1 heterocycles. The van der Waals surface area contributed by atoms with Gasteiger partial charge in [0.2, 0.25) is 0 Å². The maximum absolute atomic E-state index is 13.6. The Hall–Kier alpha value is -2.73. The Kier molecular flexibility index (Phi) is 7.20. The number of rotatable bonds is 6. The molecule has 0 spiro atoms. The van der Waals surface area contributed by atoms with Crippen LogP contribution in [0, 0.1) is 5.92 Å². The molecule has 0 unspecified atom stereocenters. The summed E-state index contributed by atoms with van der Waals surface area (Å²) in [7, 11) is 1.63. The van der Waals surface area contributed by atoms with Crippen molar-refractivity contribution >= 4 is 34.6 Å². The molecule has 2 aliphatic rings. The summed E-state index contributed by atoms with van der Waals surface area (Å²) in [6.45, 7) is 4.74. The maximum Gasteiger partial charge on any atom is 0.267 e. The summed E-state index contributed by atoms with van der Waals surface area (Å²) in [6, 6.07) is 15.8. The van der Waals surface area contributed by atoms with E-state index in [1.165, 1.54) is 18.2 Å². The summed E-state index contributed by atoms with van der Waals surface area (Å²) in [5.41, 5.74) is 1.77. The van der Waals surface area contributed by atoms with Gasteiger partial charge in [0, 0.05) is 6.04 Å². The number of methoxy groups -OCH3 is 1. The van der Waals surface area contributed by atoms with Crippen molar-refractivity contribution in [1.29, 1.82) is 0 Å². The van der Waals surface area contributed by atoms with E-state index in [9.17, 15) is 4.79 Å². The number of aliphatic imine (C=N–C) groups is 1. The molecule has 1 aliphatic heterocycles. The van der Waals surface area contributed by atoms with Crippen molar-refractivity contribution in [3.63, 3.8) is 0 Å². The summed E-state index contributed by atoms with van der Waals surface area (Å²) in [5.74, 6) is 1.86. The Bertz CT molecular complexity index is 1020. The highest BCUT2D eigenvalue weighted by atomic mass is 32.2. The van der Waals surface area contributed by atoms with Crippen molar-refractivity contribution in [2.75, 3.05) is 13.7 Å². The number of hydrogen-bond donors (Lipinski definition) is 0. The van der Waals surface area contributed by atoms with Crippen molar-refractivity contribution in [1.82, 2.24) is 4.90 Å². The fraction of sp³-hybridized carbons (Fsp3) is 0.385. The van der Waals surface area contributed by atoms with Gasteiger partial charge in [0.15, 0.2) is 16.7 Å². The molecule has 32 heavy (non-hydrogen) atoms. The molecule has 1 aliphatic carbocycles. The van der Waals surface area contributed by atoms with Crippen molar-refractivity contribution < 1.29 is 14.3 Å². The van der Waals surface area contributed by atoms with E-state index in [-0.39, 0.29) is 11.9 Å². The highest BCUT2D eigenvalue weighted by molar-refractivity contribution is 8.18. The van der Waals surface area contributed by atoms with Crippen LogP contribution in [0.25, 0.3) is 6.08 Å². The van der Waals surface area contributed by atoms with E-state index in [1.54, 1.807) is 7.11 Å². The van der Waals surface area contributed by atoms with Crippen LogP contribution < -0.4 is 9.47 Å². The van der Waals surface area contributed by atoms with E-state index in [2.05, 4.69) is 6.92 Å². The van der Waals surface area contributed by atoms with Crippen LogP contribution in [0.15, 0.2) is 58.4 Å². The molecule has 4 rings (SSSR count). The third-order valence-corrected chi connectivity index (χ3v) is 6.98. The quantitative estimate of drug-likeness (QED) is 0.486. The lowest BCUT2D eigenvalue weighted by Gasteiger charge is -2.35. The van der Waals surface area contributed by atoms with Gasteiger partial charge in [-0.25, -0.2) is 4.99 Å². The molecule has 0 N–H and O–H groups in total. The van der Waals surface area contributed by atoms with Crippen molar-refractivity contribution in [2.45, 2.75) is 45.6 Å². The predicted octanol–water partition coefficient (Wildman–Crippen LogP) is 6.28. The number of benzene rings is 2. The highest BCUT2D eigenvalue weighted by Crippen LogP contribution is 2.40. The average molecular weight is 451 g/mol. The highest BCUT2D eigenvalue weighted by Gasteiger charge is 2.41. The molecule has 2 fully saturated rings. The molecule has 0 bridgehead atoms. The van der Waals surface area contributed by atoms with Crippen LogP contribution in [0.4, 0.5) is 5.69 Å². The van der Waals surface area contributed by atoms with Crippen LogP contribution in [0.3, 0.4) is 0 Å². The van der Waals surface area contributed by atoms with Gasteiger partial charge in [-0.2, -0.15) is 0 Å². The van der Waals surface area contributed by atoms with Crippen LogP contribution in [0.1, 0.15) is 45.1 Å². The fourth-order valence-electron chi connectivity index (χ4n) is 4.35. The minimum absolute atomic E-state index is 0.0391. The van der Waals surface area contributed by atoms with E-state index in [0.29, 0.717) is 28.9 Å². The molecule has 1 amide bonds. The van der Waals surface area contributed by atoms with E-state index >= 15 is 0 Å². The number of amides is 1. The summed E-state index contributed by atoms with van der Waals surface area (Å²) in [5, 5.41) is 0.768. The molecule has 168 valence electrons. The smallest absolute Gasteiger partial charge is 0.267 e. The van der Waals surface area contributed by atoms with Crippen LogP contribution >= 0.6 is 11.8 Å². The number of hydrogen-bond acceptors (Lipinski definition) is 5. The Labute approximate surface area is 194 Å². The first-order valence-corrected chi connectivity index (χ1v) is 12.1. The zero-order valence-corrected chi connectivity index (χ0v) is 19.7. The average Bonchev–Trinajstić information content (AvgIpc) is 3.09. The number of para-hydroxylation sites is 1. The number of carbonyl (C=O) groups excluding carboxylic acids is 1. The number of thioether (sulfide) groups is 1. The summed E-state index contributed by atoms with van der Waals surface area (Å²) < 4.78 is 11.1. The molecule has 2 aromatic rings. The van der Waals surface area contributed by atoms with Gasteiger partial charge < -0.3 is 9.47 Å². The van der Waals surface area contributed by atoms with Gasteiger partial charge in [-0.15, -0.1) is 0 Å². The number of amidine groups is 1. The molecule has 0 radical (unpaired) electrons. The maximum atomic E-state index is 13.6. The minimum atomic E-state index is 0.0391. The molecular weight excluding hydrogens is 420 g/mol. The third-order valence-electron chi connectivity index (χ3n) is 6.00. The van der Waals surface area contributed by atoms with Gasteiger partial charge in [0.25, 0.3) is 5.91 Å². The molecule has 0 aromatic heterocycles. The second-order valence-electron chi connectivity index (χ2n) is 8.19. The van der Waals surface area contributed by atoms with Gasteiger partial charge in [-0.3, -0.25) is 9.69 Å². The molecule has 2 atom stereocenters. The topological polar surface area (TPSA) is 51.1 Å². The van der Waals surface area contributed by atoms with Crippen LogP contribution in [0.2, 0.25) is 0 Å². The SMILES string of the molecule is CCOc1cc(/C=C2\SC(=Nc3ccccc3)N([C@@H]3CCCC[C@H]3C)C2=O)ccc1OC. The lowest BCUT2D eigenvalue weighted by atomic mass is 9.85. The molecule has 1 saturated carbocycles. The van der Waals surface area contributed by atoms with Gasteiger partial charge in [0.05, 0.1) is 24.3 Å². The lowest BCUT2D eigenvalue weighted by Crippen LogP contribution is -2.44. The Morgan fingerprint density at radius 3 is 2.62 bits per heavy atom. The molecule has 1 saturated heterocycles. The first-order valence-electron chi connectivity index (χ1n) is 11.3. The standard InChI is InChI=1S/C26H30N2O3S/c1-4-31-23-16-19(14-15-22(23)30-3)17-24-25(29)28(21-13-9-8-10-18(21)2)26(32-24)27-20-11-6-5-7-12-20/h5-7,11-12,14-18,21H,4,8-10,13H2,1-3H3/b24-17-,27-26?/t18-,21-/m1/s1. The third kappa shape index (κ3) is 4.85. The second kappa shape index (κ2) is 10.3. The van der Waals surface area contributed by atoms with Crippen molar-refractivity contribution in [3.05, 3.63) is 59.0 Å². The monoisotopic (exact) mass is 450 g/mol. The van der Waals surface area contributed by atoms with Gasteiger partial charge in [-0.05, 0) is 73.4 Å². The first-order chi connectivity index (χ1) is 15.6. The van der Waals surface area contributed by atoms with E-state index in [0.717, 1.165) is 35.7 Å². The van der Waals surface area contributed by atoms with E-state index in [4.69, 9.17) is 14.5 Å². The largest absolute Gasteiger partial charge is 0.493 e. The Morgan fingerprint density at radius 2 is 1.91 bits per heavy atom. The second-order valence-corrected chi connectivity index (χ2v) is 9.20. The molecule has 6 heteroatoms. The van der Waals surface area contributed by atoms with E-state index in [1.807, 2.05) is 66.4 Å². The first kappa shape index (κ1) is 22.5. The molecule has 2 aromatic carbocycles. The Morgan fingerprint density at radius 1 is 1.12 bits per heavy atom. The van der Waals surface area contributed by atoms with Crippen LogP contribution in [-0.2, 0) is 4.79 Å². The zero-order valence-electron chi connectivity index (χ0n) is 18.9. The van der Waals surface area contributed by atoms with Crippen molar-refractivity contribution in [3.8, 4) is 11.5 Å². The summed E-state index contributed by atoms with van der Waals surface area (Å²) >= 11 is 1.46. The summed E-state index contributed by atoms with van der Waals surface area (Å²) in [6.07, 6.45) is 6.48. The van der Waals surface area contributed by atoms with Crippen molar-refractivity contribution in [2.24, 2.45) is 10.9 Å². The minimum Gasteiger partial charge on any atom is -0.493 e. The number of nitrogens with zero attached hydrogens (tertiary/aromatic N) is 2. The number of ether oxygens (including phenoxy) is 2. The van der Waals surface area contributed by atoms with Gasteiger partial charge in [0.1, 0.15) is 0 Å². The molecule has 5 nitrogen and oxygen atoms in total. The Balaban J connectivity index is 1.70. The predicted molar refractivity (Wildman–Crippen MR) is 132 cm³/mol. The molecular formula is C26H30N2O3S. The number of carbonyl (C=O) groups is 1. The zero-order chi connectivity index (χ0) is 22.5. The lowest BCUT2D eigenvalue weighted by molar-refractivity contribution is -0.124. The van der Waals surface area contributed by atoms with E-state index < -0.39 is 0 Å². The van der Waals surface area contributed by atoms with Crippen LogP contribution in [0.5, 0.6) is 11.5 Å². The van der Waals surface area contributed by atoms with Gasteiger partial charge >= 0.3 is 0 Å². The summed E-state index contributed by atoms with van der Waals surface area (Å²) in [4.78, 5) is 21.1. The van der Waals surface area contributed by atoms with Gasteiger partial charge in [-0.1, -0.05) is 44.0 Å². The fourth-order valence-corrected chi connectivity index (χ4v) is 5.40. The van der Waals surface area contributed by atoms with Crippen LogP contribution in [-0.4, -0.2) is 35.7 Å². The normalized spacial score (nSPS) is 23.7.